The van der Waals surface area contributed by atoms with E-state index >= 15 is 0 Å². The van der Waals surface area contributed by atoms with Gasteiger partial charge in [0.25, 0.3) is 0 Å². The molecule has 0 amide bonds. The summed E-state index contributed by atoms with van der Waals surface area (Å²) in [5, 5.41) is 0. The van der Waals surface area contributed by atoms with Crippen molar-refractivity contribution in [2.45, 2.75) is 39.2 Å². The van der Waals surface area contributed by atoms with Crippen molar-refractivity contribution in [1.82, 2.24) is 4.90 Å². The van der Waals surface area contributed by atoms with Gasteiger partial charge in [0, 0.05) is 13.0 Å². The summed E-state index contributed by atoms with van der Waals surface area (Å²) in [6.07, 6.45) is 4.39. The van der Waals surface area contributed by atoms with Crippen LogP contribution in [0.3, 0.4) is 0 Å². The smallest absolute Gasteiger partial charge is 0.130 e. The number of likely N-dealkylation sites (tertiary alicyclic amines) is 1. The number of hydrogen-bond acceptors (Lipinski definition) is 2. The molecule has 1 aliphatic heterocycles. The Morgan fingerprint density at radius 2 is 2.00 bits per heavy atom. The van der Waals surface area contributed by atoms with Crippen molar-refractivity contribution >= 4 is 5.78 Å². The van der Waals surface area contributed by atoms with E-state index in [1.807, 2.05) is 0 Å². The molecule has 1 fully saturated rings. The van der Waals surface area contributed by atoms with Crippen LogP contribution in [0.1, 0.15) is 38.2 Å². The van der Waals surface area contributed by atoms with Gasteiger partial charge in [-0.3, -0.25) is 4.90 Å². The average Bonchev–Trinajstić information content (AvgIpc) is 2.56. The molecule has 1 aliphatic rings. The quantitative estimate of drug-likeness (QED) is 0.811. The van der Waals surface area contributed by atoms with Crippen LogP contribution in [0.5, 0.6) is 0 Å². The first-order valence-electron chi connectivity index (χ1n) is 7.00. The summed E-state index contributed by atoms with van der Waals surface area (Å²) in [6.45, 7) is 5.07. The molecule has 18 heavy (non-hydrogen) atoms. The minimum Gasteiger partial charge on any atom is -0.300 e. The number of carbonyl (C=O) groups is 1. The zero-order chi connectivity index (χ0) is 12.8. The Kier molecular flexibility index (Phi) is 4.94. The molecular weight excluding hydrogens is 222 g/mol. The van der Waals surface area contributed by atoms with Crippen molar-refractivity contribution < 1.29 is 4.79 Å². The molecule has 2 rings (SSSR count). The van der Waals surface area contributed by atoms with Gasteiger partial charge < -0.3 is 4.79 Å². The summed E-state index contributed by atoms with van der Waals surface area (Å²) in [5.74, 6) is 0.958. The van der Waals surface area contributed by atoms with Gasteiger partial charge in [-0.1, -0.05) is 30.3 Å². The molecule has 1 aromatic carbocycles. The molecule has 0 saturated carbocycles. The Bertz CT molecular complexity index is 374. The van der Waals surface area contributed by atoms with Gasteiger partial charge in [-0.2, -0.15) is 0 Å². The molecule has 0 aliphatic carbocycles. The van der Waals surface area contributed by atoms with E-state index < -0.39 is 0 Å². The van der Waals surface area contributed by atoms with Gasteiger partial charge in [0.2, 0.25) is 0 Å². The highest BCUT2D eigenvalue weighted by Gasteiger charge is 2.18. The van der Waals surface area contributed by atoms with E-state index in [4.69, 9.17) is 0 Å². The maximum atomic E-state index is 11.2. The van der Waals surface area contributed by atoms with E-state index in [1.165, 1.54) is 31.4 Å². The van der Waals surface area contributed by atoms with E-state index in [0.717, 1.165) is 19.5 Å². The predicted octanol–water partition coefficient (Wildman–Crippen LogP) is 3.27. The zero-order valence-electron chi connectivity index (χ0n) is 11.3. The molecule has 0 bridgehead atoms. The number of benzene rings is 1. The van der Waals surface area contributed by atoms with Gasteiger partial charge in [-0.25, -0.2) is 0 Å². The van der Waals surface area contributed by atoms with E-state index in [-0.39, 0.29) is 0 Å². The number of ketones is 1. The van der Waals surface area contributed by atoms with Crippen LogP contribution in [0.25, 0.3) is 0 Å². The third-order valence-corrected chi connectivity index (χ3v) is 3.77. The number of nitrogens with zero attached hydrogens (tertiary/aromatic N) is 1. The maximum absolute atomic E-state index is 11.2. The average molecular weight is 245 g/mol. The van der Waals surface area contributed by atoms with Gasteiger partial charge in [-0.15, -0.1) is 0 Å². The third-order valence-electron chi connectivity index (χ3n) is 3.77. The highest BCUT2D eigenvalue weighted by molar-refractivity contribution is 5.75. The van der Waals surface area contributed by atoms with Crippen LogP contribution in [-0.4, -0.2) is 23.8 Å². The molecule has 1 heterocycles. The molecule has 0 N–H and O–H groups in total. The monoisotopic (exact) mass is 245 g/mol. The Morgan fingerprint density at radius 1 is 1.22 bits per heavy atom. The first-order valence-corrected chi connectivity index (χ1v) is 7.00. The second-order valence-electron chi connectivity index (χ2n) is 5.46. The van der Waals surface area contributed by atoms with Crippen LogP contribution in [0.15, 0.2) is 30.3 Å². The number of rotatable bonds is 4. The summed E-state index contributed by atoms with van der Waals surface area (Å²) in [5.41, 5.74) is 1.39. The fraction of sp³-hybridized carbons (Fsp3) is 0.562. The molecular formula is C16H23NO. The second-order valence-corrected chi connectivity index (χ2v) is 5.46. The minimum atomic E-state index is 0.344. The Balaban J connectivity index is 1.84. The molecule has 2 nitrogen and oxygen atoms in total. The molecule has 2 heteroatoms. The number of Topliss-reactive ketones (excluding diaryl/α,β-unsaturated/α-hetero) is 1. The van der Waals surface area contributed by atoms with Crippen LogP contribution < -0.4 is 0 Å². The van der Waals surface area contributed by atoms with E-state index in [1.54, 1.807) is 6.92 Å². The lowest BCUT2D eigenvalue weighted by Gasteiger charge is -2.20. The largest absolute Gasteiger partial charge is 0.300 e. The van der Waals surface area contributed by atoms with Gasteiger partial charge >= 0.3 is 0 Å². The summed E-state index contributed by atoms with van der Waals surface area (Å²) < 4.78 is 0. The van der Waals surface area contributed by atoms with Gasteiger partial charge in [0.15, 0.2) is 0 Å². The van der Waals surface area contributed by atoms with Gasteiger partial charge in [0.1, 0.15) is 5.78 Å². The molecule has 0 radical (unpaired) electrons. The van der Waals surface area contributed by atoms with Crippen LogP contribution in [-0.2, 0) is 11.3 Å². The summed E-state index contributed by atoms with van der Waals surface area (Å²) >= 11 is 0. The van der Waals surface area contributed by atoms with Crippen molar-refractivity contribution in [2.75, 3.05) is 13.1 Å². The van der Waals surface area contributed by atoms with Crippen LogP contribution in [0.4, 0.5) is 0 Å². The Hall–Kier alpha value is -1.15. The number of hydrogen-bond donors (Lipinski definition) is 0. The van der Waals surface area contributed by atoms with Crippen LogP contribution in [0.2, 0.25) is 0 Å². The lowest BCUT2D eigenvalue weighted by atomic mass is 9.95. The maximum Gasteiger partial charge on any atom is 0.130 e. The van der Waals surface area contributed by atoms with E-state index in [0.29, 0.717) is 11.7 Å². The highest BCUT2D eigenvalue weighted by Crippen LogP contribution is 2.21. The standard InChI is InChI=1S/C16H23NO/c1-14(18)12-15-8-5-10-17(11-9-15)13-16-6-3-2-4-7-16/h2-4,6-7,15H,5,8-13H2,1H3. The van der Waals surface area contributed by atoms with Crippen molar-refractivity contribution in [1.29, 1.82) is 0 Å². The van der Waals surface area contributed by atoms with Crippen LogP contribution in [0, 0.1) is 5.92 Å². The van der Waals surface area contributed by atoms with Gasteiger partial charge in [-0.05, 0) is 50.8 Å². The van der Waals surface area contributed by atoms with Gasteiger partial charge in [0.05, 0.1) is 0 Å². The fourth-order valence-corrected chi connectivity index (χ4v) is 2.84. The third kappa shape index (κ3) is 4.26. The SMILES string of the molecule is CC(=O)CC1CCCN(Cc2ccccc2)CC1. The molecule has 0 spiro atoms. The van der Waals surface area contributed by atoms with E-state index in [9.17, 15) is 4.79 Å². The summed E-state index contributed by atoms with van der Waals surface area (Å²) in [4.78, 5) is 13.7. The fourth-order valence-electron chi connectivity index (χ4n) is 2.84. The van der Waals surface area contributed by atoms with Crippen molar-refractivity contribution in [3.8, 4) is 0 Å². The summed E-state index contributed by atoms with van der Waals surface area (Å²) in [7, 11) is 0. The van der Waals surface area contributed by atoms with Crippen molar-refractivity contribution in [3.05, 3.63) is 35.9 Å². The first kappa shape index (κ1) is 13.3. The molecule has 1 atom stereocenters. The molecule has 0 aromatic heterocycles. The Labute approximate surface area is 110 Å². The predicted molar refractivity (Wildman–Crippen MR) is 74.4 cm³/mol. The Morgan fingerprint density at radius 3 is 2.72 bits per heavy atom. The first-order chi connectivity index (χ1) is 8.74. The molecule has 1 saturated heterocycles. The molecule has 1 unspecified atom stereocenters. The summed E-state index contributed by atoms with van der Waals surface area (Å²) in [6, 6.07) is 10.7. The van der Waals surface area contributed by atoms with Crippen LogP contribution >= 0.6 is 0 Å². The number of carbonyl (C=O) groups excluding carboxylic acids is 1. The van der Waals surface area contributed by atoms with Crippen molar-refractivity contribution in [2.24, 2.45) is 5.92 Å². The minimum absolute atomic E-state index is 0.344. The lowest BCUT2D eigenvalue weighted by Crippen LogP contribution is -2.24. The normalized spacial score (nSPS) is 21.5. The second kappa shape index (κ2) is 6.69. The van der Waals surface area contributed by atoms with E-state index in [2.05, 4.69) is 35.2 Å². The molecule has 98 valence electrons. The zero-order valence-corrected chi connectivity index (χ0v) is 11.3. The molecule has 1 aromatic rings. The highest BCUT2D eigenvalue weighted by atomic mass is 16.1. The lowest BCUT2D eigenvalue weighted by molar-refractivity contribution is -0.117. The van der Waals surface area contributed by atoms with Crippen molar-refractivity contribution in [3.63, 3.8) is 0 Å². The topological polar surface area (TPSA) is 20.3 Å².